The molecule has 0 spiro atoms. The average Bonchev–Trinajstić information content (AvgIpc) is 3.64. The number of nitrogens with zero attached hydrogens (tertiary/aromatic N) is 3. The van der Waals surface area contributed by atoms with Crippen LogP contribution in [0.15, 0.2) is 84.9 Å². The maximum Gasteiger partial charge on any atom is 0.253 e. The van der Waals surface area contributed by atoms with Crippen molar-refractivity contribution in [3.63, 3.8) is 0 Å². The molecule has 4 N–H and O–H groups in total. The molecule has 0 fully saturated rings. The highest BCUT2D eigenvalue weighted by Crippen LogP contribution is 2.40. The first-order chi connectivity index (χ1) is 26.7. The van der Waals surface area contributed by atoms with Gasteiger partial charge in [0.1, 0.15) is 0 Å². The first-order valence-corrected chi connectivity index (χ1v) is 18.9. The molecule has 0 atom stereocenters. The van der Waals surface area contributed by atoms with Crippen LogP contribution in [0.1, 0.15) is 82.9 Å². The minimum Gasteiger partial charge on any atom is -0.352 e. The number of nitrogens with one attached hydrogen (secondary N) is 2. The maximum absolute atomic E-state index is 13.5. The molecule has 0 radical (unpaired) electrons. The summed E-state index contributed by atoms with van der Waals surface area (Å²) in [6.45, 7) is 7.79. The van der Waals surface area contributed by atoms with Crippen LogP contribution in [0.2, 0.25) is 0 Å². The molecule has 2 aromatic heterocycles. The summed E-state index contributed by atoms with van der Waals surface area (Å²) >= 11 is 0. The van der Waals surface area contributed by atoms with E-state index in [0.29, 0.717) is 75.4 Å². The Bertz CT molecular complexity index is 2390. The Labute approximate surface area is 319 Å². The fourth-order valence-corrected chi connectivity index (χ4v) is 7.97. The van der Waals surface area contributed by atoms with Gasteiger partial charge in [-0.05, 0) is 94.7 Å². The zero-order chi connectivity index (χ0) is 38.2. The summed E-state index contributed by atoms with van der Waals surface area (Å²) in [4.78, 5) is 65.3. The lowest BCUT2D eigenvalue weighted by Gasteiger charge is -2.22. The van der Waals surface area contributed by atoms with Gasteiger partial charge in [-0.15, -0.1) is 0 Å². The summed E-state index contributed by atoms with van der Waals surface area (Å²) in [5, 5.41) is 7.65. The lowest BCUT2D eigenvalue weighted by Crippen LogP contribution is -2.34. The molecule has 0 unspecified atom stereocenters. The third-order valence-electron chi connectivity index (χ3n) is 10.7. The SMILES string of the molecule is Cc1cccc2c1-c1nc3c(C(=O)NCCCN(CCCN)CCCNC(=O)c4cccc5cc6c(nc45)-c4c(C)cccc4C6=O)cccc3cc1C2=O. The van der Waals surface area contributed by atoms with Gasteiger partial charge in [0.2, 0.25) is 0 Å². The van der Waals surface area contributed by atoms with Crippen molar-refractivity contribution in [2.24, 2.45) is 5.73 Å². The van der Waals surface area contributed by atoms with Gasteiger partial charge < -0.3 is 21.3 Å². The van der Waals surface area contributed by atoms with Crippen LogP contribution in [-0.2, 0) is 0 Å². The van der Waals surface area contributed by atoms with E-state index in [1.807, 2.05) is 86.6 Å². The number of rotatable bonds is 13. The smallest absolute Gasteiger partial charge is 0.253 e. The van der Waals surface area contributed by atoms with Gasteiger partial charge in [0.25, 0.3) is 11.8 Å². The van der Waals surface area contributed by atoms with Crippen molar-refractivity contribution >= 4 is 45.2 Å². The Morgan fingerprint density at radius 2 is 1.04 bits per heavy atom. The van der Waals surface area contributed by atoms with Crippen molar-refractivity contribution in [2.75, 3.05) is 39.3 Å². The fourth-order valence-electron chi connectivity index (χ4n) is 7.97. The largest absolute Gasteiger partial charge is 0.352 e. The Balaban J connectivity index is 0.872. The number of carbonyl (C=O) groups excluding carboxylic acids is 4. The third kappa shape index (κ3) is 6.57. The molecule has 55 heavy (non-hydrogen) atoms. The maximum atomic E-state index is 13.5. The summed E-state index contributed by atoms with van der Waals surface area (Å²) in [6, 6.07) is 26.0. The predicted octanol–water partition coefficient (Wildman–Crippen LogP) is 6.41. The van der Waals surface area contributed by atoms with Crippen LogP contribution in [0.3, 0.4) is 0 Å². The van der Waals surface area contributed by atoms with Crippen LogP contribution in [0.4, 0.5) is 0 Å². The van der Waals surface area contributed by atoms with Crippen LogP contribution in [0.25, 0.3) is 44.3 Å². The molecule has 2 aliphatic carbocycles. The second-order valence-corrected chi connectivity index (χ2v) is 14.4. The molecule has 6 aromatic rings. The molecule has 4 aromatic carbocycles. The number of carbonyl (C=O) groups is 4. The fraction of sp³-hybridized carbons (Fsp3) is 0.244. The van der Waals surface area contributed by atoms with E-state index in [0.717, 1.165) is 71.9 Å². The van der Waals surface area contributed by atoms with E-state index in [4.69, 9.17) is 15.7 Å². The summed E-state index contributed by atoms with van der Waals surface area (Å²) in [6.07, 6.45) is 2.30. The van der Waals surface area contributed by atoms with E-state index in [2.05, 4.69) is 15.5 Å². The molecule has 0 aliphatic heterocycles. The molecule has 2 heterocycles. The number of aromatic nitrogens is 2. The van der Waals surface area contributed by atoms with Gasteiger partial charge in [-0.2, -0.15) is 0 Å². The molecule has 2 amide bonds. The van der Waals surface area contributed by atoms with E-state index >= 15 is 0 Å². The predicted molar refractivity (Wildman–Crippen MR) is 215 cm³/mol. The molecule has 2 aliphatic rings. The van der Waals surface area contributed by atoms with Gasteiger partial charge in [-0.3, -0.25) is 19.2 Å². The quantitative estimate of drug-likeness (QED) is 0.115. The number of ketones is 2. The highest BCUT2D eigenvalue weighted by molar-refractivity contribution is 6.24. The van der Waals surface area contributed by atoms with E-state index in [-0.39, 0.29) is 23.4 Å². The minimum absolute atomic E-state index is 0.0363. The highest BCUT2D eigenvalue weighted by atomic mass is 16.2. The molecule has 276 valence electrons. The number of hydrogen-bond donors (Lipinski definition) is 3. The number of aryl methyl sites for hydroxylation is 2. The van der Waals surface area contributed by atoms with Crippen molar-refractivity contribution in [3.8, 4) is 22.5 Å². The number of hydrogen-bond acceptors (Lipinski definition) is 8. The van der Waals surface area contributed by atoms with Crippen molar-refractivity contribution in [2.45, 2.75) is 33.1 Å². The van der Waals surface area contributed by atoms with Gasteiger partial charge in [-0.1, -0.05) is 60.7 Å². The van der Waals surface area contributed by atoms with E-state index < -0.39 is 0 Å². The van der Waals surface area contributed by atoms with Gasteiger partial charge in [0, 0.05) is 57.2 Å². The Morgan fingerprint density at radius 3 is 1.49 bits per heavy atom. The molecular formula is C45H42N6O4. The zero-order valence-electron chi connectivity index (χ0n) is 31.0. The van der Waals surface area contributed by atoms with Crippen LogP contribution >= 0.6 is 0 Å². The highest BCUT2D eigenvalue weighted by Gasteiger charge is 2.32. The lowest BCUT2D eigenvalue weighted by molar-refractivity contribution is 0.0947. The van der Waals surface area contributed by atoms with E-state index in [1.165, 1.54) is 0 Å². The molecule has 10 nitrogen and oxygen atoms in total. The number of para-hydroxylation sites is 2. The van der Waals surface area contributed by atoms with Gasteiger partial charge >= 0.3 is 0 Å². The summed E-state index contributed by atoms with van der Waals surface area (Å²) in [5.74, 6) is -0.485. The average molecular weight is 731 g/mol. The van der Waals surface area contributed by atoms with Crippen molar-refractivity contribution < 1.29 is 19.2 Å². The Hall–Kier alpha value is -6.10. The normalized spacial score (nSPS) is 12.6. The number of benzene rings is 4. The first kappa shape index (κ1) is 35.9. The first-order valence-electron chi connectivity index (χ1n) is 18.9. The number of nitrogens with two attached hydrogens (primary N) is 1. The second kappa shape index (κ2) is 15.0. The zero-order valence-corrected chi connectivity index (χ0v) is 31.0. The van der Waals surface area contributed by atoms with Crippen molar-refractivity contribution in [1.29, 1.82) is 0 Å². The van der Waals surface area contributed by atoms with Crippen LogP contribution in [0.5, 0.6) is 0 Å². The molecule has 0 saturated carbocycles. The van der Waals surface area contributed by atoms with E-state index in [1.54, 1.807) is 12.1 Å². The third-order valence-corrected chi connectivity index (χ3v) is 10.7. The monoisotopic (exact) mass is 730 g/mol. The summed E-state index contributed by atoms with van der Waals surface area (Å²) in [7, 11) is 0. The van der Waals surface area contributed by atoms with Gasteiger partial charge in [0.15, 0.2) is 11.6 Å². The summed E-state index contributed by atoms with van der Waals surface area (Å²) < 4.78 is 0. The van der Waals surface area contributed by atoms with Crippen LogP contribution in [-0.4, -0.2) is 77.5 Å². The molecular weight excluding hydrogens is 689 g/mol. The van der Waals surface area contributed by atoms with Crippen molar-refractivity contribution in [3.05, 3.63) is 129 Å². The molecule has 10 heteroatoms. The molecule has 0 bridgehead atoms. The topological polar surface area (TPSA) is 147 Å². The standard InChI is InChI=1S/C45H42N6O4/c1-26-10-3-14-30-36(26)40-34(42(30)52)24-28-12-5-16-32(38(28)49-40)44(54)47-19-8-22-51(21-7-18-46)23-9-20-48-45(55)33-17-6-13-29-25-35-41(50-39(29)33)37-27(2)11-4-15-31(37)43(35)53/h3-6,10-17,24-25H,7-9,18-23,46H2,1-2H3,(H,47,54)(H,48,55). The van der Waals surface area contributed by atoms with Crippen molar-refractivity contribution in [1.82, 2.24) is 25.5 Å². The Kier molecular flexibility index (Phi) is 9.77. The van der Waals surface area contributed by atoms with Crippen LogP contribution < -0.4 is 16.4 Å². The van der Waals surface area contributed by atoms with Gasteiger partial charge in [-0.25, -0.2) is 9.97 Å². The summed E-state index contributed by atoms with van der Waals surface area (Å²) in [5.41, 5.74) is 15.3. The number of amides is 2. The minimum atomic E-state index is -0.206. The van der Waals surface area contributed by atoms with E-state index in [9.17, 15) is 19.2 Å². The molecule has 8 rings (SSSR count). The number of pyridine rings is 2. The Morgan fingerprint density at radius 1 is 0.600 bits per heavy atom. The van der Waals surface area contributed by atoms with Gasteiger partial charge in [0.05, 0.1) is 33.5 Å². The second-order valence-electron chi connectivity index (χ2n) is 14.4. The van der Waals surface area contributed by atoms with Crippen LogP contribution in [0, 0.1) is 13.8 Å². The number of fused-ring (bicyclic) bond motifs is 8. The lowest BCUT2D eigenvalue weighted by atomic mass is 10.0. The molecule has 0 saturated heterocycles.